The molecule has 1 aromatic rings. The lowest BCUT2D eigenvalue weighted by Crippen LogP contribution is -2.44. The summed E-state index contributed by atoms with van der Waals surface area (Å²) in [5, 5.41) is 20.5. The van der Waals surface area contributed by atoms with E-state index in [0.29, 0.717) is 0 Å². The Bertz CT molecular complexity index is 921. The summed E-state index contributed by atoms with van der Waals surface area (Å²) < 4.78 is 31.4. The summed E-state index contributed by atoms with van der Waals surface area (Å²) in [6.45, 7) is -0.656. The van der Waals surface area contributed by atoms with Crippen LogP contribution in [-0.4, -0.2) is 53.3 Å². The Morgan fingerprint density at radius 1 is 1.27 bits per heavy atom. The monoisotopic (exact) mass is 414 g/mol. The maximum absolute atomic E-state index is 12.0. The molecule has 0 radical (unpaired) electrons. The van der Waals surface area contributed by atoms with Crippen LogP contribution < -0.4 is 11.2 Å². The normalized spacial score (nSPS) is 35.7. The Kier molecular flexibility index (Phi) is 4.67. The van der Waals surface area contributed by atoms with Gasteiger partial charge in [-0.25, -0.2) is 13.9 Å². The highest BCUT2D eigenvalue weighted by atomic mass is 31.3. The molecule has 0 bridgehead atoms. The Morgan fingerprint density at radius 2 is 1.92 bits per heavy atom. The molecule has 2 fully saturated rings. The first-order valence-electron chi connectivity index (χ1n) is 7.30. The Morgan fingerprint density at radius 3 is 2.50 bits per heavy atom. The zero-order valence-corrected chi connectivity index (χ0v) is 14.7. The highest BCUT2D eigenvalue weighted by Gasteiger charge is 2.72. The van der Waals surface area contributed by atoms with Crippen LogP contribution in [0.3, 0.4) is 0 Å². The molecule has 3 rings (SSSR count). The van der Waals surface area contributed by atoms with E-state index in [0.717, 1.165) is 10.6 Å². The predicted octanol–water partition coefficient (Wildman–Crippen LogP) is -2.17. The van der Waals surface area contributed by atoms with Crippen molar-refractivity contribution in [2.75, 3.05) is 6.61 Å². The van der Waals surface area contributed by atoms with Gasteiger partial charge in [0.05, 0.1) is 18.2 Å². The Labute approximate surface area is 144 Å². The van der Waals surface area contributed by atoms with E-state index in [1.807, 2.05) is 4.98 Å². The van der Waals surface area contributed by atoms with Gasteiger partial charge in [-0.2, -0.15) is 4.31 Å². The van der Waals surface area contributed by atoms with Crippen LogP contribution in [0.25, 0.3) is 0 Å². The van der Waals surface area contributed by atoms with E-state index in [2.05, 4.69) is 8.83 Å². The molecule has 6 atom stereocenters. The van der Waals surface area contributed by atoms with Gasteiger partial charge in [-0.1, -0.05) is 0 Å². The van der Waals surface area contributed by atoms with Crippen molar-refractivity contribution in [3.63, 3.8) is 0 Å². The molecule has 1 aromatic heterocycles. The van der Waals surface area contributed by atoms with Crippen LogP contribution in [0.1, 0.15) is 6.42 Å². The number of aliphatic hydroxyl groups is 2. The zero-order valence-electron chi connectivity index (χ0n) is 12.9. The summed E-state index contributed by atoms with van der Waals surface area (Å²) in [6, 6.07) is 1.07. The molecule has 1 heterocycles. The highest BCUT2D eigenvalue weighted by Crippen LogP contribution is 2.65. The molecule has 15 heteroatoms. The number of rotatable bonds is 6. The number of phosphoric ester groups is 1. The maximum Gasteiger partial charge on any atom is 0.481 e. The molecular weight excluding hydrogens is 398 g/mol. The quantitative estimate of drug-likeness (QED) is 0.276. The average molecular weight is 414 g/mol. The van der Waals surface area contributed by atoms with Gasteiger partial charge in [-0.15, -0.1) is 0 Å². The van der Waals surface area contributed by atoms with Gasteiger partial charge in [0.2, 0.25) is 0 Å². The van der Waals surface area contributed by atoms with E-state index in [1.165, 1.54) is 6.20 Å². The van der Waals surface area contributed by atoms with Crippen LogP contribution >= 0.6 is 15.6 Å². The van der Waals surface area contributed by atoms with Crippen molar-refractivity contribution in [3.8, 4) is 0 Å². The summed E-state index contributed by atoms with van der Waals surface area (Å²) in [6.07, 6.45) is -1.47. The third-order valence-corrected chi connectivity index (χ3v) is 6.88. The summed E-state index contributed by atoms with van der Waals surface area (Å²) in [4.78, 5) is 51.6. The standard InChI is InChI=1S/C11H16N2O11P2/c14-7-1-2-13(10(17)12-7)11-3-6(11)5(8(15)9(11)16)4-23-26(21,22)24-25(18,19)20/h1-2,5-6,8-9,15-16H,3-4H2,(H,21,22)(H,12,14,17)(H2,18,19,20)/t5-,6-,8+,9+,11-/m0/s1. The van der Waals surface area contributed by atoms with Crippen LogP contribution in [0.15, 0.2) is 21.9 Å². The van der Waals surface area contributed by atoms with Gasteiger partial charge >= 0.3 is 21.3 Å². The van der Waals surface area contributed by atoms with E-state index >= 15 is 0 Å². The van der Waals surface area contributed by atoms with Gasteiger partial charge in [0.15, 0.2) is 0 Å². The SMILES string of the molecule is O=c1ccn([C@@]23C[C@H]2[C@H](COP(=O)(O)OP(=O)(O)O)[C@@H](O)[C@H]3O)c(=O)[nH]1. The van der Waals surface area contributed by atoms with Crippen molar-refractivity contribution < 1.29 is 42.9 Å². The zero-order chi connectivity index (χ0) is 19.5. The van der Waals surface area contributed by atoms with Gasteiger partial charge in [-0.05, 0) is 12.3 Å². The van der Waals surface area contributed by atoms with Crippen LogP contribution in [-0.2, 0) is 23.5 Å². The minimum absolute atomic E-state index is 0.223. The minimum atomic E-state index is -5.28. The Balaban J connectivity index is 1.79. The number of nitrogens with one attached hydrogen (secondary N) is 1. The molecule has 0 aliphatic heterocycles. The van der Waals surface area contributed by atoms with Crippen molar-refractivity contribution in [2.45, 2.75) is 24.2 Å². The second-order valence-electron chi connectivity index (χ2n) is 6.22. The van der Waals surface area contributed by atoms with Crippen molar-refractivity contribution in [1.82, 2.24) is 9.55 Å². The molecule has 2 saturated carbocycles. The second-order valence-corrected chi connectivity index (χ2v) is 9.05. The van der Waals surface area contributed by atoms with Crippen molar-refractivity contribution in [2.24, 2.45) is 11.8 Å². The van der Waals surface area contributed by atoms with Crippen LogP contribution in [0, 0.1) is 11.8 Å². The summed E-state index contributed by atoms with van der Waals surface area (Å²) >= 11 is 0. The molecule has 0 amide bonds. The molecule has 2 aliphatic carbocycles. The third-order valence-electron chi connectivity index (χ3n) is 4.73. The number of H-pyrrole nitrogens is 1. The Hall–Kier alpha value is -1.14. The first-order chi connectivity index (χ1) is 11.9. The molecule has 1 unspecified atom stereocenters. The first kappa shape index (κ1) is 19.6. The van der Waals surface area contributed by atoms with E-state index in [4.69, 9.17) is 9.79 Å². The summed E-state index contributed by atoms with van der Waals surface area (Å²) in [5.74, 6) is -1.45. The lowest BCUT2D eigenvalue weighted by molar-refractivity contribution is -0.0281. The molecular formula is C11H16N2O11P2. The number of aliphatic hydroxyl groups excluding tert-OH is 2. The molecule has 0 aromatic carbocycles. The predicted molar refractivity (Wildman–Crippen MR) is 81.8 cm³/mol. The molecule has 2 aliphatic rings. The van der Waals surface area contributed by atoms with Gasteiger partial charge in [0, 0.05) is 18.2 Å². The van der Waals surface area contributed by atoms with Crippen LogP contribution in [0.5, 0.6) is 0 Å². The molecule has 0 spiro atoms. The van der Waals surface area contributed by atoms with E-state index < -0.39 is 63.1 Å². The third kappa shape index (κ3) is 3.38. The average Bonchev–Trinajstić information content (AvgIpc) is 3.15. The van der Waals surface area contributed by atoms with E-state index in [-0.39, 0.29) is 6.42 Å². The van der Waals surface area contributed by atoms with Crippen molar-refractivity contribution >= 4 is 15.6 Å². The molecule has 26 heavy (non-hydrogen) atoms. The van der Waals surface area contributed by atoms with Crippen molar-refractivity contribution in [1.29, 1.82) is 0 Å². The smallest absolute Gasteiger partial charge is 0.390 e. The van der Waals surface area contributed by atoms with Crippen LogP contribution in [0.4, 0.5) is 0 Å². The van der Waals surface area contributed by atoms with Gasteiger partial charge in [0.25, 0.3) is 5.56 Å². The molecule has 146 valence electrons. The second kappa shape index (κ2) is 6.20. The van der Waals surface area contributed by atoms with E-state index in [9.17, 15) is 33.8 Å². The lowest BCUT2D eigenvalue weighted by Gasteiger charge is -2.24. The fraction of sp³-hybridized carbons (Fsp3) is 0.636. The lowest BCUT2D eigenvalue weighted by atomic mass is 10.0. The number of nitrogens with zero attached hydrogens (tertiary/aromatic N) is 1. The number of hydrogen-bond acceptors (Lipinski definition) is 8. The fourth-order valence-electron chi connectivity index (χ4n) is 3.64. The fourth-order valence-corrected chi connectivity index (χ4v) is 5.27. The largest absolute Gasteiger partial charge is 0.481 e. The topological polar surface area (TPSA) is 209 Å². The van der Waals surface area contributed by atoms with Gasteiger partial charge < -0.3 is 24.9 Å². The number of aromatic amines is 1. The van der Waals surface area contributed by atoms with Crippen LogP contribution in [0.2, 0.25) is 0 Å². The number of fused-ring (bicyclic) bond motifs is 1. The maximum atomic E-state index is 12.0. The number of hydrogen-bond donors (Lipinski definition) is 6. The van der Waals surface area contributed by atoms with Gasteiger partial charge in [-0.3, -0.25) is 18.9 Å². The highest BCUT2D eigenvalue weighted by molar-refractivity contribution is 7.60. The molecule has 6 N–H and O–H groups in total. The summed E-state index contributed by atoms with van der Waals surface area (Å²) in [7, 11) is -10.4. The van der Waals surface area contributed by atoms with Gasteiger partial charge in [0.1, 0.15) is 6.10 Å². The number of phosphoric acid groups is 2. The summed E-state index contributed by atoms with van der Waals surface area (Å²) in [5.41, 5.74) is -2.63. The molecule has 0 saturated heterocycles. The first-order valence-corrected chi connectivity index (χ1v) is 10.3. The molecule has 13 nitrogen and oxygen atoms in total. The minimum Gasteiger partial charge on any atom is -0.390 e. The van der Waals surface area contributed by atoms with E-state index in [1.54, 1.807) is 0 Å². The van der Waals surface area contributed by atoms with Crippen molar-refractivity contribution in [3.05, 3.63) is 33.1 Å². The number of aromatic nitrogens is 2.